The lowest BCUT2D eigenvalue weighted by Gasteiger charge is -2.20. The lowest BCUT2D eigenvalue weighted by Crippen LogP contribution is -2.44. The number of benzene rings is 1. The van der Waals surface area contributed by atoms with E-state index in [-0.39, 0.29) is 30.0 Å². The van der Waals surface area contributed by atoms with E-state index in [0.717, 1.165) is 55.7 Å². The van der Waals surface area contributed by atoms with Gasteiger partial charge in [0.2, 0.25) is 0 Å². The first-order chi connectivity index (χ1) is 15.1. The zero-order chi connectivity index (χ0) is 22.1. The van der Waals surface area contributed by atoms with Crippen molar-refractivity contribution in [3.63, 3.8) is 0 Å². The fraction of sp³-hybridized carbons (Fsp3) is 0.478. The van der Waals surface area contributed by atoms with Crippen LogP contribution in [0, 0.1) is 0 Å². The standard InChI is InChI=1S/C23H33ClN6O.HI/c1-4-25-23(27-16-18-8-5-6-10-21(18)31-15-14-29(2)3)28-19-11-13-30(17-19)22-20(24)9-7-12-26-22;/h5-10,12,19H,4,11,13-17H2,1-3H3,(H2,25,27,28);1H. The molecule has 7 nitrogen and oxygen atoms in total. The van der Waals surface area contributed by atoms with Crippen LogP contribution in [0.3, 0.4) is 0 Å². The van der Waals surface area contributed by atoms with E-state index >= 15 is 0 Å². The van der Waals surface area contributed by atoms with Gasteiger partial charge in [-0.1, -0.05) is 29.8 Å². The second-order valence-electron chi connectivity index (χ2n) is 7.84. The summed E-state index contributed by atoms with van der Waals surface area (Å²) in [4.78, 5) is 13.6. The van der Waals surface area contributed by atoms with Gasteiger partial charge in [-0.15, -0.1) is 24.0 Å². The maximum atomic E-state index is 6.32. The van der Waals surface area contributed by atoms with E-state index in [0.29, 0.717) is 18.2 Å². The lowest BCUT2D eigenvalue weighted by atomic mass is 10.2. The molecule has 1 unspecified atom stereocenters. The van der Waals surface area contributed by atoms with E-state index in [2.05, 4.69) is 38.4 Å². The lowest BCUT2D eigenvalue weighted by molar-refractivity contribution is 0.259. The molecule has 1 aromatic carbocycles. The average molecular weight is 573 g/mol. The van der Waals surface area contributed by atoms with Crippen LogP contribution in [0.15, 0.2) is 47.6 Å². The van der Waals surface area contributed by atoms with Crippen LogP contribution in [0.5, 0.6) is 5.75 Å². The van der Waals surface area contributed by atoms with E-state index in [1.165, 1.54) is 0 Å². The first kappa shape index (κ1) is 26.5. The number of hydrogen-bond acceptors (Lipinski definition) is 5. The normalized spacial score (nSPS) is 16.1. The summed E-state index contributed by atoms with van der Waals surface area (Å²) in [5, 5.41) is 7.61. The molecular formula is C23H34ClIN6O. The van der Waals surface area contributed by atoms with Crippen molar-refractivity contribution >= 4 is 47.4 Å². The number of guanidine groups is 1. The molecule has 1 aliphatic rings. The number of nitrogens with one attached hydrogen (secondary N) is 2. The van der Waals surface area contributed by atoms with Crippen molar-refractivity contribution in [2.45, 2.75) is 25.9 Å². The van der Waals surface area contributed by atoms with Gasteiger partial charge in [-0.2, -0.15) is 0 Å². The molecule has 0 aliphatic carbocycles. The predicted molar refractivity (Wildman–Crippen MR) is 144 cm³/mol. The summed E-state index contributed by atoms with van der Waals surface area (Å²) < 4.78 is 5.97. The Morgan fingerprint density at radius 1 is 1.28 bits per heavy atom. The fourth-order valence-electron chi connectivity index (χ4n) is 3.47. The molecule has 0 amide bonds. The Kier molecular flexibility index (Phi) is 11.3. The number of nitrogens with zero attached hydrogens (tertiary/aromatic N) is 4. The van der Waals surface area contributed by atoms with E-state index in [4.69, 9.17) is 21.3 Å². The van der Waals surface area contributed by atoms with Crippen LogP contribution in [0.25, 0.3) is 0 Å². The van der Waals surface area contributed by atoms with Crippen molar-refractivity contribution < 1.29 is 4.74 Å². The minimum Gasteiger partial charge on any atom is -0.492 e. The van der Waals surface area contributed by atoms with Crippen molar-refractivity contribution in [3.8, 4) is 5.75 Å². The van der Waals surface area contributed by atoms with Gasteiger partial charge in [0.1, 0.15) is 18.2 Å². The van der Waals surface area contributed by atoms with Crippen LogP contribution in [0.4, 0.5) is 5.82 Å². The number of anilines is 1. The first-order valence-electron chi connectivity index (χ1n) is 10.8. The van der Waals surface area contributed by atoms with Gasteiger partial charge in [0.05, 0.1) is 11.6 Å². The molecule has 1 aliphatic heterocycles. The zero-order valence-corrected chi connectivity index (χ0v) is 22.1. The summed E-state index contributed by atoms with van der Waals surface area (Å²) in [7, 11) is 4.08. The highest BCUT2D eigenvalue weighted by molar-refractivity contribution is 14.0. The summed E-state index contributed by atoms with van der Waals surface area (Å²) in [6.45, 7) is 6.71. The van der Waals surface area contributed by atoms with Gasteiger partial charge in [0, 0.05) is 44.0 Å². The molecule has 2 N–H and O–H groups in total. The molecule has 0 saturated carbocycles. The Balaban J connectivity index is 0.00000363. The molecule has 2 aromatic rings. The Morgan fingerprint density at radius 2 is 2.09 bits per heavy atom. The van der Waals surface area contributed by atoms with Crippen LogP contribution in [0.1, 0.15) is 18.9 Å². The Hall–Kier alpha value is -1.78. The third-order valence-electron chi connectivity index (χ3n) is 5.09. The van der Waals surface area contributed by atoms with Crippen LogP contribution >= 0.6 is 35.6 Å². The SMILES string of the molecule is CCNC(=NCc1ccccc1OCCN(C)C)NC1CCN(c2ncccc2Cl)C1.I. The number of halogens is 2. The van der Waals surface area contributed by atoms with Gasteiger partial charge in [-0.05, 0) is 45.6 Å². The smallest absolute Gasteiger partial charge is 0.191 e. The number of rotatable bonds is 9. The quantitative estimate of drug-likeness (QED) is 0.272. The first-order valence-corrected chi connectivity index (χ1v) is 11.2. The molecule has 1 saturated heterocycles. The molecule has 1 fully saturated rings. The van der Waals surface area contributed by atoms with Crippen molar-refractivity contribution in [2.24, 2.45) is 4.99 Å². The summed E-state index contributed by atoms with van der Waals surface area (Å²) in [6.07, 6.45) is 2.78. The van der Waals surface area contributed by atoms with Crippen molar-refractivity contribution in [3.05, 3.63) is 53.2 Å². The number of aliphatic imine (C=N–C) groups is 1. The fourth-order valence-corrected chi connectivity index (χ4v) is 3.71. The van der Waals surface area contributed by atoms with E-state index in [1.807, 2.05) is 44.4 Å². The summed E-state index contributed by atoms with van der Waals surface area (Å²) >= 11 is 6.32. The molecule has 1 aromatic heterocycles. The Labute approximate surface area is 213 Å². The van der Waals surface area contributed by atoms with E-state index in [1.54, 1.807) is 6.20 Å². The van der Waals surface area contributed by atoms with Crippen molar-refractivity contribution in [1.82, 2.24) is 20.5 Å². The molecule has 176 valence electrons. The summed E-state index contributed by atoms with van der Waals surface area (Å²) in [5.74, 6) is 2.55. The minimum absolute atomic E-state index is 0. The van der Waals surface area contributed by atoms with Gasteiger partial charge in [0.15, 0.2) is 5.96 Å². The molecule has 3 rings (SSSR count). The average Bonchev–Trinajstić information content (AvgIpc) is 3.21. The second-order valence-corrected chi connectivity index (χ2v) is 8.25. The summed E-state index contributed by atoms with van der Waals surface area (Å²) in [6, 6.07) is 12.1. The zero-order valence-electron chi connectivity index (χ0n) is 19.1. The third-order valence-corrected chi connectivity index (χ3v) is 5.38. The molecule has 32 heavy (non-hydrogen) atoms. The number of pyridine rings is 1. The second kappa shape index (κ2) is 13.7. The topological polar surface area (TPSA) is 65.0 Å². The highest BCUT2D eigenvalue weighted by Crippen LogP contribution is 2.25. The van der Waals surface area contributed by atoms with Gasteiger partial charge in [-0.3, -0.25) is 0 Å². The van der Waals surface area contributed by atoms with Gasteiger partial charge >= 0.3 is 0 Å². The van der Waals surface area contributed by atoms with Crippen LogP contribution in [-0.4, -0.2) is 68.8 Å². The number of likely N-dealkylation sites (N-methyl/N-ethyl adjacent to an activating group) is 1. The van der Waals surface area contributed by atoms with Gasteiger partial charge in [-0.25, -0.2) is 9.98 Å². The third kappa shape index (κ3) is 7.97. The number of aromatic nitrogens is 1. The predicted octanol–water partition coefficient (Wildman–Crippen LogP) is 3.63. The molecule has 0 bridgehead atoms. The monoisotopic (exact) mass is 572 g/mol. The number of hydrogen-bond donors (Lipinski definition) is 2. The number of ether oxygens (including phenoxy) is 1. The summed E-state index contributed by atoms with van der Waals surface area (Å²) in [5.41, 5.74) is 1.08. The molecular weight excluding hydrogens is 539 g/mol. The largest absolute Gasteiger partial charge is 0.492 e. The highest BCUT2D eigenvalue weighted by Gasteiger charge is 2.25. The minimum atomic E-state index is 0. The van der Waals surface area contributed by atoms with Crippen LogP contribution < -0.4 is 20.3 Å². The van der Waals surface area contributed by atoms with Crippen LogP contribution in [0.2, 0.25) is 5.02 Å². The molecule has 2 heterocycles. The van der Waals surface area contributed by atoms with E-state index in [9.17, 15) is 0 Å². The molecule has 1 atom stereocenters. The molecule has 9 heteroatoms. The Morgan fingerprint density at radius 3 is 2.84 bits per heavy atom. The van der Waals surface area contributed by atoms with Crippen molar-refractivity contribution in [1.29, 1.82) is 0 Å². The maximum Gasteiger partial charge on any atom is 0.191 e. The van der Waals surface area contributed by atoms with Gasteiger partial charge in [0.25, 0.3) is 0 Å². The van der Waals surface area contributed by atoms with E-state index < -0.39 is 0 Å². The highest BCUT2D eigenvalue weighted by atomic mass is 127. The molecule has 0 spiro atoms. The maximum absolute atomic E-state index is 6.32. The van der Waals surface area contributed by atoms with Gasteiger partial charge < -0.3 is 25.2 Å². The van der Waals surface area contributed by atoms with Crippen molar-refractivity contribution in [2.75, 3.05) is 51.8 Å². The molecule has 0 radical (unpaired) electrons. The number of para-hydroxylation sites is 1. The van der Waals surface area contributed by atoms with Crippen LogP contribution in [-0.2, 0) is 6.54 Å². The Bertz CT molecular complexity index is 866.